The third-order valence-corrected chi connectivity index (χ3v) is 2.54. The van der Waals surface area contributed by atoms with Crippen LogP contribution in [0.1, 0.15) is 5.56 Å². The Bertz CT molecular complexity index is 417. The van der Waals surface area contributed by atoms with Crippen molar-refractivity contribution in [2.75, 3.05) is 13.2 Å². The summed E-state index contributed by atoms with van der Waals surface area (Å²) < 4.78 is 66.5. The Labute approximate surface area is 112 Å². The van der Waals surface area contributed by atoms with Crippen LogP contribution in [0.15, 0.2) is 24.3 Å². The van der Waals surface area contributed by atoms with E-state index in [-0.39, 0.29) is 13.0 Å². The summed E-state index contributed by atoms with van der Waals surface area (Å²) in [5.41, 5.74) is 2.89. The second kappa shape index (κ2) is 7.51. The smallest absolute Gasteiger partial charge is 0.330 e. The molecular weight excluding hydrogens is 283 g/mol. The van der Waals surface area contributed by atoms with E-state index in [4.69, 9.17) is 5.84 Å². The molecule has 0 aliphatic heterocycles. The molecule has 20 heavy (non-hydrogen) atoms. The minimum absolute atomic E-state index is 0.217. The summed E-state index contributed by atoms with van der Waals surface area (Å²) in [6.07, 6.45) is -3.57. The summed E-state index contributed by atoms with van der Waals surface area (Å²) >= 11 is 0. The molecule has 0 fully saturated rings. The van der Waals surface area contributed by atoms with E-state index in [1.165, 1.54) is 18.2 Å². The van der Waals surface area contributed by atoms with Crippen LogP contribution in [0.4, 0.5) is 22.0 Å². The zero-order chi connectivity index (χ0) is 15.2. The van der Waals surface area contributed by atoms with E-state index in [9.17, 15) is 22.0 Å². The normalized spacial score (nSPS) is 13.8. The van der Waals surface area contributed by atoms with E-state index >= 15 is 0 Å². The van der Waals surface area contributed by atoms with Gasteiger partial charge in [-0.1, -0.05) is 12.1 Å². The van der Waals surface area contributed by atoms with Crippen molar-refractivity contribution in [2.45, 2.75) is 24.8 Å². The Morgan fingerprint density at radius 3 is 2.55 bits per heavy atom. The molecule has 1 atom stereocenters. The third-order valence-electron chi connectivity index (χ3n) is 2.54. The first-order chi connectivity index (χ1) is 9.35. The van der Waals surface area contributed by atoms with Gasteiger partial charge in [-0.25, -0.2) is 13.2 Å². The highest BCUT2D eigenvalue weighted by atomic mass is 19.3. The maximum absolute atomic E-state index is 13.0. The molecule has 3 nitrogen and oxygen atoms in total. The van der Waals surface area contributed by atoms with Crippen molar-refractivity contribution in [1.29, 1.82) is 0 Å². The number of ether oxygens (including phenoxy) is 1. The van der Waals surface area contributed by atoms with Crippen LogP contribution in [0.3, 0.4) is 0 Å². The van der Waals surface area contributed by atoms with Crippen molar-refractivity contribution in [3.8, 4) is 0 Å². The van der Waals surface area contributed by atoms with Gasteiger partial charge in [-0.2, -0.15) is 8.78 Å². The Kier molecular flexibility index (Phi) is 6.31. The molecule has 0 bridgehead atoms. The highest BCUT2D eigenvalue weighted by Gasteiger charge is 2.41. The van der Waals surface area contributed by atoms with Crippen molar-refractivity contribution < 1.29 is 26.7 Å². The summed E-state index contributed by atoms with van der Waals surface area (Å²) in [7, 11) is 0. The molecule has 0 saturated carbocycles. The molecule has 8 heteroatoms. The van der Waals surface area contributed by atoms with Gasteiger partial charge in [-0.15, -0.1) is 0 Å². The van der Waals surface area contributed by atoms with Crippen LogP contribution >= 0.6 is 0 Å². The van der Waals surface area contributed by atoms with Crippen LogP contribution in [0, 0.1) is 5.82 Å². The number of hydrogen-bond acceptors (Lipinski definition) is 3. The van der Waals surface area contributed by atoms with Gasteiger partial charge in [0, 0.05) is 6.04 Å². The monoisotopic (exact) mass is 298 g/mol. The largest absolute Gasteiger partial charge is 0.373 e. The average molecular weight is 298 g/mol. The standard InChI is InChI=1S/C12H15F5N2O/c13-9-3-1-2-8(4-9)5-10(19-18)6-20-7-12(16,17)11(14)15/h1-4,10-11,19H,5-7,18H2. The second-order valence-electron chi connectivity index (χ2n) is 4.27. The molecule has 1 rings (SSSR count). The number of rotatable bonds is 8. The molecule has 0 heterocycles. The molecule has 3 N–H and O–H groups in total. The van der Waals surface area contributed by atoms with Gasteiger partial charge < -0.3 is 4.74 Å². The Balaban J connectivity index is 2.44. The number of benzene rings is 1. The quantitative estimate of drug-likeness (QED) is 0.439. The van der Waals surface area contributed by atoms with Crippen LogP contribution in [0.5, 0.6) is 0 Å². The lowest BCUT2D eigenvalue weighted by Gasteiger charge is -2.19. The summed E-state index contributed by atoms with van der Waals surface area (Å²) in [5, 5.41) is 0. The highest BCUT2D eigenvalue weighted by molar-refractivity contribution is 5.17. The van der Waals surface area contributed by atoms with Crippen molar-refractivity contribution in [3.05, 3.63) is 35.6 Å². The molecule has 1 aromatic carbocycles. The number of hydrogen-bond donors (Lipinski definition) is 2. The maximum Gasteiger partial charge on any atom is 0.330 e. The lowest BCUT2D eigenvalue weighted by Crippen LogP contribution is -2.42. The molecule has 0 radical (unpaired) electrons. The Morgan fingerprint density at radius 1 is 1.30 bits per heavy atom. The number of nitrogens with one attached hydrogen (secondary N) is 1. The summed E-state index contributed by atoms with van der Waals surface area (Å²) in [6, 6.07) is 5.04. The molecular formula is C12H15F5N2O. The van der Waals surface area contributed by atoms with Crippen LogP contribution < -0.4 is 11.3 Å². The van der Waals surface area contributed by atoms with E-state index in [0.29, 0.717) is 5.56 Å². The SMILES string of the molecule is NNC(COCC(F)(F)C(F)F)Cc1cccc(F)c1. The van der Waals surface area contributed by atoms with E-state index in [2.05, 4.69) is 10.2 Å². The number of alkyl halides is 4. The van der Waals surface area contributed by atoms with Crippen molar-refractivity contribution in [3.63, 3.8) is 0 Å². The first kappa shape index (κ1) is 16.8. The predicted octanol–water partition coefficient (Wildman–Crippen LogP) is 2.12. The molecule has 0 amide bonds. The molecule has 1 unspecified atom stereocenters. The van der Waals surface area contributed by atoms with Crippen molar-refractivity contribution >= 4 is 0 Å². The van der Waals surface area contributed by atoms with E-state index in [1.54, 1.807) is 6.07 Å². The van der Waals surface area contributed by atoms with Gasteiger partial charge in [-0.05, 0) is 24.1 Å². The molecule has 0 spiro atoms. The third kappa shape index (κ3) is 5.40. The van der Waals surface area contributed by atoms with E-state index in [1.807, 2.05) is 0 Å². The molecule has 0 aliphatic rings. The van der Waals surface area contributed by atoms with Gasteiger partial charge in [0.2, 0.25) is 0 Å². The Morgan fingerprint density at radius 2 is 2.00 bits per heavy atom. The molecule has 0 aliphatic carbocycles. The predicted molar refractivity (Wildman–Crippen MR) is 63.0 cm³/mol. The van der Waals surface area contributed by atoms with Crippen LogP contribution in [-0.4, -0.2) is 31.6 Å². The number of halogens is 5. The lowest BCUT2D eigenvalue weighted by atomic mass is 10.1. The molecule has 0 saturated heterocycles. The van der Waals surface area contributed by atoms with Crippen LogP contribution in [0.25, 0.3) is 0 Å². The fourth-order valence-corrected chi connectivity index (χ4v) is 1.51. The minimum atomic E-state index is -4.20. The zero-order valence-corrected chi connectivity index (χ0v) is 10.5. The molecule has 1 aromatic rings. The fourth-order valence-electron chi connectivity index (χ4n) is 1.51. The Hall–Kier alpha value is -1.25. The summed E-state index contributed by atoms with van der Waals surface area (Å²) in [4.78, 5) is 0. The molecule has 114 valence electrons. The van der Waals surface area contributed by atoms with Gasteiger partial charge in [0.1, 0.15) is 12.4 Å². The van der Waals surface area contributed by atoms with Crippen LogP contribution in [0.2, 0.25) is 0 Å². The van der Waals surface area contributed by atoms with Gasteiger partial charge in [0.25, 0.3) is 0 Å². The van der Waals surface area contributed by atoms with Gasteiger partial charge in [0.15, 0.2) is 0 Å². The molecule has 0 aromatic heterocycles. The first-order valence-electron chi connectivity index (χ1n) is 5.79. The maximum atomic E-state index is 13.0. The number of nitrogens with two attached hydrogens (primary N) is 1. The summed E-state index contributed by atoms with van der Waals surface area (Å²) in [5.74, 6) is 0.571. The topological polar surface area (TPSA) is 47.3 Å². The van der Waals surface area contributed by atoms with Gasteiger partial charge in [0.05, 0.1) is 6.61 Å². The number of hydrazine groups is 1. The second-order valence-corrected chi connectivity index (χ2v) is 4.27. The summed E-state index contributed by atoms with van der Waals surface area (Å²) in [6.45, 7) is -1.69. The fraction of sp³-hybridized carbons (Fsp3) is 0.500. The van der Waals surface area contributed by atoms with E-state index in [0.717, 1.165) is 0 Å². The first-order valence-corrected chi connectivity index (χ1v) is 5.79. The van der Waals surface area contributed by atoms with Crippen LogP contribution in [-0.2, 0) is 11.2 Å². The lowest BCUT2D eigenvalue weighted by molar-refractivity contribution is -0.167. The van der Waals surface area contributed by atoms with E-state index < -0.39 is 30.8 Å². The van der Waals surface area contributed by atoms with Crippen molar-refractivity contribution in [2.24, 2.45) is 5.84 Å². The zero-order valence-electron chi connectivity index (χ0n) is 10.5. The van der Waals surface area contributed by atoms with Crippen molar-refractivity contribution in [1.82, 2.24) is 5.43 Å². The van der Waals surface area contributed by atoms with Gasteiger partial charge in [-0.3, -0.25) is 11.3 Å². The highest BCUT2D eigenvalue weighted by Crippen LogP contribution is 2.22. The average Bonchev–Trinajstić information content (AvgIpc) is 2.37. The minimum Gasteiger partial charge on any atom is -0.373 e. The van der Waals surface area contributed by atoms with Gasteiger partial charge >= 0.3 is 12.3 Å².